The fraction of sp³-hybridized carbons (Fsp3) is 0.562. The van der Waals surface area contributed by atoms with Crippen molar-refractivity contribution in [3.63, 3.8) is 0 Å². The van der Waals surface area contributed by atoms with E-state index in [1.165, 1.54) is 12.1 Å². The number of rotatable bonds is 5. The highest BCUT2D eigenvalue weighted by Gasteiger charge is 2.23. The maximum absolute atomic E-state index is 12.9. The average Bonchev–Trinajstić information content (AvgIpc) is 2.90. The molecule has 0 bridgehead atoms. The largest absolute Gasteiger partial charge is 0.355 e. The van der Waals surface area contributed by atoms with Crippen LogP contribution in [0.2, 0.25) is 0 Å². The highest BCUT2D eigenvalue weighted by Crippen LogP contribution is 2.22. The molecule has 1 amide bonds. The van der Waals surface area contributed by atoms with Crippen molar-refractivity contribution in [2.24, 2.45) is 0 Å². The van der Waals surface area contributed by atoms with Crippen molar-refractivity contribution in [2.45, 2.75) is 44.6 Å². The van der Waals surface area contributed by atoms with Gasteiger partial charge in [-0.05, 0) is 37.1 Å². The highest BCUT2D eigenvalue weighted by atomic mass is 19.1. The first kappa shape index (κ1) is 15.0. The predicted molar refractivity (Wildman–Crippen MR) is 78.1 cm³/mol. The van der Waals surface area contributed by atoms with Gasteiger partial charge in [-0.1, -0.05) is 26.0 Å². The first-order chi connectivity index (χ1) is 9.47. The summed E-state index contributed by atoms with van der Waals surface area (Å²) in [6.07, 6.45) is 2.77. The Morgan fingerprint density at radius 3 is 2.70 bits per heavy atom. The fourth-order valence-electron chi connectivity index (χ4n) is 2.55. The maximum atomic E-state index is 12.9. The molecule has 3 nitrogen and oxygen atoms in total. The lowest BCUT2D eigenvalue weighted by Crippen LogP contribution is -2.39. The molecule has 1 atom stereocenters. The van der Waals surface area contributed by atoms with Crippen LogP contribution in [-0.4, -0.2) is 25.0 Å². The number of hydrogen-bond acceptors (Lipinski definition) is 2. The second-order valence-electron chi connectivity index (χ2n) is 6.16. The number of carbonyl (C=O) groups is 1. The van der Waals surface area contributed by atoms with E-state index in [1.807, 2.05) is 13.8 Å². The summed E-state index contributed by atoms with van der Waals surface area (Å²) in [5.74, 6) is -0.152. The number of nitrogens with one attached hydrogen (secondary N) is 2. The summed E-state index contributed by atoms with van der Waals surface area (Å²) in [7, 11) is 0. The molecule has 4 heteroatoms. The van der Waals surface area contributed by atoms with Gasteiger partial charge in [-0.2, -0.15) is 0 Å². The molecule has 110 valence electrons. The van der Waals surface area contributed by atoms with Crippen LogP contribution in [0.4, 0.5) is 4.39 Å². The Labute approximate surface area is 120 Å². The second kappa shape index (κ2) is 6.35. The summed E-state index contributed by atoms with van der Waals surface area (Å²) in [4.78, 5) is 11.9. The summed E-state index contributed by atoms with van der Waals surface area (Å²) < 4.78 is 12.9. The molecule has 0 aromatic heterocycles. The summed E-state index contributed by atoms with van der Waals surface area (Å²) in [5.41, 5.74) is 0.824. The number of benzene rings is 1. The molecule has 1 aliphatic rings. The third-order valence-electron chi connectivity index (χ3n) is 3.95. The van der Waals surface area contributed by atoms with Crippen molar-refractivity contribution in [3.8, 4) is 0 Å². The fourth-order valence-corrected chi connectivity index (χ4v) is 2.55. The quantitative estimate of drug-likeness (QED) is 0.868. The second-order valence-corrected chi connectivity index (χ2v) is 6.16. The van der Waals surface area contributed by atoms with Gasteiger partial charge in [-0.3, -0.25) is 4.79 Å². The van der Waals surface area contributed by atoms with Gasteiger partial charge in [-0.25, -0.2) is 4.39 Å². The molecular formula is C16H23FN2O. The van der Waals surface area contributed by atoms with Crippen molar-refractivity contribution in [3.05, 3.63) is 35.6 Å². The molecule has 2 rings (SSSR count). The molecule has 1 aromatic carbocycles. The zero-order chi connectivity index (χ0) is 14.6. The highest BCUT2D eigenvalue weighted by molar-refractivity contribution is 5.76. The monoisotopic (exact) mass is 278 g/mol. The van der Waals surface area contributed by atoms with E-state index in [4.69, 9.17) is 0 Å². The molecule has 1 aromatic rings. The van der Waals surface area contributed by atoms with Crippen molar-refractivity contribution < 1.29 is 9.18 Å². The van der Waals surface area contributed by atoms with Gasteiger partial charge in [0.15, 0.2) is 0 Å². The van der Waals surface area contributed by atoms with Gasteiger partial charge in [0.2, 0.25) is 5.91 Å². The molecule has 1 aliphatic heterocycles. The Kier molecular flexibility index (Phi) is 4.76. The lowest BCUT2D eigenvalue weighted by molar-refractivity contribution is -0.121. The van der Waals surface area contributed by atoms with E-state index in [2.05, 4.69) is 10.6 Å². The molecule has 20 heavy (non-hydrogen) atoms. The van der Waals surface area contributed by atoms with Crippen molar-refractivity contribution >= 4 is 5.91 Å². The number of amides is 1. The van der Waals surface area contributed by atoms with Crippen molar-refractivity contribution in [2.75, 3.05) is 13.1 Å². The van der Waals surface area contributed by atoms with E-state index in [-0.39, 0.29) is 17.1 Å². The lowest BCUT2D eigenvalue weighted by atomic mass is 9.84. The van der Waals surface area contributed by atoms with E-state index in [0.717, 1.165) is 24.9 Å². The summed E-state index contributed by atoms with van der Waals surface area (Å²) in [5, 5.41) is 6.31. The smallest absolute Gasteiger partial charge is 0.221 e. The van der Waals surface area contributed by atoms with Gasteiger partial charge in [0.1, 0.15) is 5.82 Å². The first-order valence-corrected chi connectivity index (χ1v) is 7.23. The summed E-state index contributed by atoms with van der Waals surface area (Å²) >= 11 is 0. The Bertz CT molecular complexity index is 450. The zero-order valence-electron chi connectivity index (χ0n) is 12.2. The molecule has 0 spiro atoms. The van der Waals surface area contributed by atoms with Gasteiger partial charge in [0.25, 0.3) is 0 Å². The van der Waals surface area contributed by atoms with Crippen LogP contribution in [0.15, 0.2) is 24.3 Å². The Hall–Kier alpha value is -1.42. The molecule has 0 saturated carbocycles. The molecule has 1 heterocycles. The minimum atomic E-state index is -0.235. The maximum Gasteiger partial charge on any atom is 0.221 e. The van der Waals surface area contributed by atoms with Gasteiger partial charge in [0, 0.05) is 24.4 Å². The molecule has 1 saturated heterocycles. The molecule has 1 fully saturated rings. The number of halogens is 1. The predicted octanol–water partition coefficient (Wildman–Crippen LogP) is 2.36. The number of carbonyl (C=O) groups excluding carboxylic acids is 1. The van der Waals surface area contributed by atoms with Crippen LogP contribution in [-0.2, 0) is 10.2 Å². The molecule has 2 N–H and O–H groups in total. The van der Waals surface area contributed by atoms with Crippen LogP contribution in [0.5, 0.6) is 0 Å². The molecule has 0 radical (unpaired) electrons. The van der Waals surface area contributed by atoms with Crippen LogP contribution in [0.1, 0.15) is 38.7 Å². The third kappa shape index (κ3) is 4.04. The van der Waals surface area contributed by atoms with E-state index in [1.54, 1.807) is 12.1 Å². The van der Waals surface area contributed by atoms with Crippen LogP contribution >= 0.6 is 0 Å². The molecule has 1 unspecified atom stereocenters. The minimum Gasteiger partial charge on any atom is -0.355 e. The average molecular weight is 278 g/mol. The van der Waals surface area contributed by atoms with Crippen LogP contribution < -0.4 is 10.6 Å². The van der Waals surface area contributed by atoms with Crippen LogP contribution in [0.3, 0.4) is 0 Å². The van der Waals surface area contributed by atoms with Crippen LogP contribution in [0.25, 0.3) is 0 Å². The van der Waals surface area contributed by atoms with Gasteiger partial charge < -0.3 is 10.6 Å². The first-order valence-electron chi connectivity index (χ1n) is 7.23. The molecular weight excluding hydrogens is 255 g/mol. The molecule has 0 aliphatic carbocycles. The van der Waals surface area contributed by atoms with E-state index < -0.39 is 0 Å². The van der Waals surface area contributed by atoms with E-state index >= 15 is 0 Å². The lowest BCUT2D eigenvalue weighted by Gasteiger charge is -2.26. The van der Waals surface area contributed by atoms with Gasteiger partial charge >= 0.3 is 0 Å². The summed E-state index contributed by atoms with van der Waals surface area (Å²) in [6, 6.07) is 6.80. The van der Waals surface area contributed by atoms with Crippen molar-refractivity contribution in [1.29, 1.82) is 0 Å². The minimum absolute atomic E-state index is 0.0830. The Balaban J connectivity index is 1.84. The van der Waals surface area contributed by atoms with Gasteiger partial charge in [-0.15, -0.1) is 0 Å². The van der Waals surface area contributed by atoms with E-state index in [0.29, 0.717) is 19.0 Å². The Morgan fingerprint density at radius 2 is 2.10 bits per heavy atom. The van der Waals surface area contributed by atoms with Crippen LogP contribution in [0, 0.1) is 5.82 Å². The SMILES string of the molecule is CC(C)(CNC(=O)CC1CCCN1)c1ccc(F)cc1. The number of hydrogen-bond donors (Lipinski definition) is 2. The zero-order valence-corrected chi connectivity index (χ0v) is 12.2. The summed E-state index contributed by atoms with van der Waals surface area (Å²) in [6.45, 7) is 5.67. The normalized spacial score (nSPS) is 19.1. The van der Waals surface area contributed by atoms with Crippen molar-refractivity contribution in [1.82, 2.24) is 10.6 Å². The Morgan fingerprint density at radius 1 is 1.40 bits per heavy atom. The standard InChI is InChI=1S/C16H23FN2O/c1-16(2,12-5-7-13(17)8-6-12)11-19-15(20)10-14-4-3-9-18-14/h5-8,14,18H,3-4,9-11H2,1-2H3,(H,19,20). The third-order valence-corrected chi connectivity index (χ3v) is 3.95. The van der Waals surface area contributed by atoms with Gasteiger partial charge in [0.05, 0.1) is 0 Å². The topological polar surface area (TPSA) is 41.1 Å². The van der Waals surface area contributed by atoms with E-state index in [9.17, 15) is 9.18 Å².